The van der Waals surface area contributed by atoms with Gasteiger partial charge in [-0.05, 0) is 77.0 Å². The van der Waals surface area contributed by atoms with E-state index in [4.69, 9.17) is 18.9 Å². The normalized spacial score (nSPS) is 13.2. The molecule has 0 amide bonds. The summed E-state index contributed by atoms with van der Waals surface area (Å²) in [4.78, 5) is 37.6. The molecule has 9 heteroatoms. The molecule has 0 N–H and O–H groups in total. The van der Waals surface area contributed by atoms with E-state index in [2.05, 4.69) is 111 Å². The lowest BCUT2D eigenvalue weighted by Gasteiger charge is -2.26. The van der Waals surface area contributed by atoms with Crippen molar-refractivity contribution in [2.24, 2.45) is 0 Å². The third kappa shape index (κ3) is 71.6. The van der Waals surface area contributed by atoms with Gasteiger partial charge in [-0.25, -0.2) is 0 Å². The second kappa shape index (κ2) is 71.1. The Kier molecular flexibility index (Phi) is 68.1. The summed E-state index contributed by atoms with van der Waals surface area (Å²) in [6.07, 6.45) is 95.1. The topological polar surface area (TPSA) is 111 Å². The third-order valence-electron chi connectivity index (χ3n) is 16.6. The number of hydrogen-bond acceptors (Lipinski definition) is 8. The average molecular weight is 1260 g/mol. The number of unbranched alkanes of at least 4 members (excludes halogenated alkanes) is 39. The first-order chi connectivity index (χ1) is 44.1. The number of carbonyl (C=O) groups excluding carboxylic acids is 3. The summed E-state index contributed by atoms with van der Waals surface area (Å²) in [6, 6.07) is 0. The van der Waals surface area contributed by atoms with E-state index in [1.54, 1.807) is 0 Å². The number of likely N-dealkylation sites (N-methyl/N-ethyl adjacent to an activating group) is 1. The largest absolute Gasteiger partial charge is 0.545 e. The highest BCUT2D eigenvalue weighted by molar-refractivity contribution is 5.70. The van der Waals surface area contributed by atoms with Crippen molar-refractivity contribution in [3.8, 4) is 0 Å². The van der Waals surface area contributed by atoms with Gasteiger partial charge in [0.1, 0.15) is 13.2 Å². The van der Waals surface area contributed by atoms with Crippen LogP contribution in [0.3, 0.4) is 0 Å². The van der Waals surface area contributed by atoms with Crippen molar-refractivity contribution in [2.75, 3.05) is 47.5 Å². The zero-order valence-electron chi connectivity index (χ0n) is 59.5. The molecule has 0 aromatic heterocycles. The maximum atomic E-state index is 13.0. The van der Waals surface area contributed by atoms with Crippen LogP contribution in [-0.2, 0) is 33.3 Å². The van der Waals surface area contributed by atoms with Crippen LogP contribution in [-0.4, -0.2) is 82.3 Å². The quantitative estimate of drug-likeness (QED) is 0.0195. The number of rotatable bonds is 70. The van der Waals surface area contributed by atoms with Crippen LogP contribution < -0.4 is 5.11 Å². The number of hydrogen-bond donors (Lipinski definition) is 0. The van der Waals surface area contributed by atoms with Crippen molar-refractivity contribution in [1.82, 2.24) is 0 Å². The van der Waals surface area contributed by atoms with Crippen molar-refractivity contribution >= 4 is 17.9 Å². The predicted octanol–water partition coefficient (Wildman–Crippen LogP) is 22.6. The molecule has 520 valence electrons. The molecule has 2 unspecified atom stereocenters. The van der Waals surface area contributed by atoms with Gasteiger partial charge in [-0.15, -0.1) is 0 Å². The fraction of sp³-hybridized carbons (Fsp3) is 0.765. The Hall–Kier alpha value is -3.79. The van der Waals surface area contributed by atoms with Crippen LogP contribution in [0.4, 0.5) is 0 Å². The lowest BCUT2D eigenvalue weighted by molar-refractivity contribution is -0.870. The maximum Gasteiger partial charge on any atom is 0.306 e. The molecular weight excluding hydrogens is 1110 g/mol. The molecule has 0 bridgehead atoms. The van der Waals surface area contributed by atoms with Crippen LogP contribution in [0.2, 0.25) is 0 Å². The summed E-state index contributed by atoms with van der Waals surface area (Å²) < 4.78 is 22.8. The molecule has 2 atom stereocenters. The molecule has 0 heterocycles. The minimum atomic E-state index is -1.63. The number of aliphatic carboxylic acids is 1. The molecule has 0 aromatic rings. The van der Waals surface area contributed by atoms with E-state index in [1.807, 2.05) is 21.1 Å². The van der Waals surface area contributed by atoms with Crippen LogP contribution in [0.1, 0.15) is 341 Å². The minimum absolute atomic E-state index is 0.146. The van der Waals surface area contributed by atoms with Crippen molar-refractivity contribution in [3.05, 3.63) is 97.2 Å². The van der Waals surface area contributed by atoms with Crippen LogP contribution in [0, 0.1) is 0 Å². The zero-order valence-corrected chi connectivity index (χ0v) is 59.5. The fourth-order valence-corrected chi connectivity index (χ4v) is 10.9. The summed E-state index contributed by atoms with van der Waals surface area (Å²) >= 11 is 0. The first-order valence-electron chi connectivity index (χ1n) is 37.9. The first kappa shape index (κ1) is 86.2. The molecule has 0 aliphatic carbocycles. The monoisotopic (exact) mass is 1260 g/mol. The molecule has 0 aliphatic heterocycles. The smallest absolute Gasteiger partial charge is 0.306 e. The van der Waals surface area contributed by atoms with Crippen molar-refractivity contribution < 1.29 is 42.9 Å². The van der Waals surface area contributed by atoms with Crippen LogP contribution in [0.25, 0.3) is 0 Å². The first-order valence-corrected chi connectivity index (χ1v) is 37.9. The third-order valence-corrected chi connectivity index (χ3v) is 16.6. The summed E-state index contributed by atoms with van der Waals surface area (Å²) in [7, 11) is 5.94. The van der Waals surface area contributed by atoms with E-state index < -0.39 is 24.3 Å². The van der Waals surface area contributed by atoms with Gasteiger partial charge < -0.3 is 33.3 Å². The Morgan fingerprint density at radius 2 is 0.633 bits per heavy atom. The Bertz CT molecular complexity index is 1800. The Labute approximate surface area is 556 Å². The number of nitrogens with zero attached hydrogens (tertiary/aromatic N) is 1. The number of ether oxygens (including phenoxy) is 4. The molecule has 0 spiro atoms. The van der Waals surface area contributed by atoms with Gasteiger partial charge >= 0.3 is 11.9 Å². The Balaban J connectivity index is 4.08. The van der Waals surface area contributed by atoms with Gasteiger partial charge in [-0.3, -0.25) is 9.59 Å². The highest BCUT2D eigenvalue weighted by atomic mass is 16.7. The van der Waals surface area contributed by atoms with Gasteiger partial charge in [0.25, 0.3) is 0 Å². The summed E-state index contributed by atoms with van der Waals surface area (Å²) in [6.45, 7) is 4.68. The van der Waals surface area contributed by atoms with Gasteiger partial charge in [0.15, 0.2) is 12.4 Å². The average Bonchev–Trinajstić information content (AvgIpc) is 3.74. The van der Waals surface area contributed by atoms with E-state index in [1.165, 1.54) is 218 Å². The van der Waals surface area contributed by atoms with Gasteiger partial charge in [0.05, 0.1) is 40.3 Å². The Morgan fingerprint density at radius 1 is 0.344 bits per heavy atom. The summed E-state index contributed by atoms with van der Waals surface area (Å²) in [5, 5.41) is 11.8. The Morgan fingerprint density at radius 3 is 0.944 bits per heavy atom. The molecule has 0 saturated carbocycles. The van der Waals surface area contributed by atoms with E-state index in [-0.39, 0.29) is 32.2 Å². The molecule has 0 radical (unpaired) electrons. The van der Waals surface area contributed by atoms with Gasteiger partial charge in [0, 0.05) is 12.8 Å². The molecule has 0 rings (SSSR count). The number of carboxylic acids is 1. The lowest BCUT2D eigenvalue weighted by Crippen LogP contribution is -2.44. The molecule has 9 nitrogen and oxygen atoms in total. The van der Waals surface area contributed by atoms with E-state index in [0.29, 0.717) is 23.9 Å². The standard InChI is InChI=1S/C81H143NO8/c1-6-8-10-12-14-16-18-20-22-24-26-28-30-32-34-36-37-38-39-40-41-42-43-44-46-48-50-52-54-56-58-60-62-64-66-68-70-72-79(84)90-77(76-89-81(80(85)86)87-74-73-82(3,4)5)75-88-78(83)71-69-67-65-63-61-59-57-55-53-51-49-47-45-35-33-31-29-27-25-23-21-19-17-15-13-11-9-7-2/h8,10,14,16,20,22,26,28,32,34,37-38,40-41,43-44,77,81H,6-7,9,11-13,15,17-19,21,23-25,27,29-31,33,35-36,39,42,45-76H2,1-5H3/b10-8-,16-14-,22-20-,28-26-,34-32-,38-37-,41-40-,44-43-. The van der Waals surface area contributed by atoms with E-state index >= 15 is 0 Å². The van der Waals surface area contributed by atoms with E-state index in [0.717, 1.165) is 89.9 Å². The molecule has 90 heavy (non-hydrogen) atoms. The van der Waals surface area contributed by atoms with Crippen molar-refractivity contribution in [1.29, 1.82) is 0 Å². The number of esters is 2. The van der Waals surface area contributed by atoms with Gasteiger partial charge in [0.2, 0.25) is 0 Å². The minimum Gasteiger partial charge on any atom is -0.545 e. The van der Waals surface area contributed by atoms with Crippen molar-refractivity contribution in [2.45, 2.75) is 354 Å². The van der Waals surface area contributed by atoms with Gasteiger partial charge in [-0.1, -0.05) is 349 Å². The van der Waals surface area contributed by atoms with E-state index in [9.17, 15) is 19.5 Å². The molecule has 0 aliphatic rings. The molecule has 0 aromatic carbocycles. The molecule has 0 saturated heterocycles. The highest BCUT2D eigenvalue weighted by Gasteiger charge is 2.22. The van der Waals surface area contributed by atoms with Crippen molar-refractivity contribution in [3.63, 3.8) is 0 Å². The van der Waals surface area contributed by atoms with Crippen LogP contribution >= 0.6 is 0 Å². The second-order valence-corrected chi connectivity index (χ2v) is 26.6. The maximum absolute atomic E-state index is 13.0. The molecular formula is C81H143NO8. The predicted molar refractivity (Wildman–Crippen MR) is 384 cm³/mol. The van der Waals surface area contributed by atoms with Crippen LogP contribution in [0.15, 0.2) is 97.2 Å². The number of carbonyl (C=O) groups is 3. The fourth-order valence-electron chi connectivity index (χ4n) is 10.9. The summed E-state index contributed by atoms with van der Waals surface area (Å²) in [5.74, 6) is -2.27. The lowest BCUT2D eigenvalue weighted by atomic mass is 10.0. The highest BCUT2D eigenvalue weighted by Crippen LogP contribution is 2.19. The second-order valence-electron chi connectivity index (χ2n) is 26.6. The SMILES string of the molecule is CC/C=C\C/C=C\C/C=C\C/C=C\C/C=C\C/C=C\C/C=C\C/C=C\CCCCCCCCCCCCCCC(=O)OC(COC(=O)CCCCCCCCCCCCCCCCCCCCCCCCCCCCCC)COC(OCC[N+](C)(C)C)C(=O)[O-]. The number of quaternary nitrogens is 1. The summed E-state index contributed by atoms with van der Waals surface area (Å²) in [5.41, 5.74) is 0. The van der Waals surface area contributed by atoms with Gasteiger partial charge in [-0.2, -0.15) is 0 Å². The molecule has 0 fully saturated rings. The zero-order chi connectivity index (χ0) is 65.4. The van der Waals surface area contributed by atoms with Crippen LogP contribution in [0.5, 0.6) is 0 Å². The number of allylic oxidation sites excluding steroid dienone is 16. The number of carboxylic acid groups (broad SMARTS) is 1.